The van der Waals surface area contributed by atoms with Crippen molar-refractivity contribution in [2.24, 2.45) is 0 Å². The summed E-state index contributed by atoms with van der Waals surface area (Å²) in [5.41, 5.74) is 2.18. The molecular formula is C26H28N2O5S. The zero-order chi connectivity index (χ0) is 24.1. The highest BCUT2D eigenvalue weighted by Gasteiger charge is 2.29. The summed E-state index contributed by atoms with van der Waals surface area (Å²) in [5, 5.41) is 2.92. The van der Waals surface area contributed by atoms with Gasteiger partial charge in [0.25, 0.3) is 10.0 Å². The van der Waals surface area contributed by atoms with Gasteiger partial charge >= 0.3 is 0 Å². The van der Waals surface area contributed by atoms with Gasteiger partial charge in [0.1, 0.15) is 19.8 Å². The van der Waals surface area contributed by atoms with Crippen molar-refractivity contribution in [3.05, 3.63) is 83.9 Å². The van der Waals surface area contributed by atoms with Gasteiger partial charge in [-0.2, -0.15) is 0 Å². The SMILES string of the molecule is CCc1ccccc1N(CC(=O)NC(C)c1ccc2c(c1)OCCO2)S(=O)(=O)c1ccccc1. The largest absolute Gasteiger partial charge is 0.486 e. The number of rotatable bonds is 8. The zero-order valence-electron chi connectivity index (χ0n) is 19.2. The number of fused-ring (bicyclic) bond motifs is 1. The molecule has 1 atom stereocenters. The van der Waals surface area contributed by atoms with Crippen LogP contribution in [-0.2, 0) is 21.2 Å². The standard InChI is InChI=1S/C26H28N2O5S/c1-3-20-9-7-8-12-23(20)28(34(30,31)22-10-5-4-6-11-22)18-26(29)27-19(2)21-13-14-24-25(17-21)33-16-15-32-24/h4-14,17,19H,3,15-16,18H2,1-2H3,(H,27,29). The van der Waals surface area contributed by atoms with Gasteiger partial charge in [-0.1, -0.05) is 49.4 Å². The minimum absolute atomic E-state index is 0.133. The number of nitrogens with one attached hydrogen (secondary N) is 1. The van der Waals surface area contributed by atoms with Crippen LogP contribution in [0, 0.1) is 0 Å². The number of carbonyl (C=O) groups excluding carboxylic acids is 1. The molecule has 34 heavy (non-hydrogen) atoms. The van der Waals surface area contributed by atoms with Gasteiger partial charge < -0.3 is 14.8 Å². The fourth-order valence-electron chi connectivity index (χ4n) is 3.90. The molecule has 3 aromatic carbocycles. The number of carbonyl (C=O) groups is 1. The summed E-state index contributed by atoms with van der Waals surface area (Å²) in [6, 6.07) is 20.6. The van der Waals surface area contributed by atoms with Crippen LogP contribution in [0.5, 0.6) is 11.5 Å². The fourth-order valence-corrected chi connectivity index (χ4v) is 5.38. The third kappa shape index (κ3) is 5.02. The van der Waals surface area contributed by atoms with Crippen molar-refractivity contribution in [2.45, 2.75) is 31.2 Å². The summed E-state index contributed by atoms with van der Waals surface area (Å²) < 4.78 is 39.5. The van der Waals surface area contributed by atoms with E-state index in [0.717, 1.165) is 11.1 Å². The molecule has 0 saturated carbocycles. The lowest BCUT2D eigenvalue weighted by Gasteiger charge is -2.27. The van der Waals surface area contributed by atoms with E-state index in [1.165, 1.54) is 16.4 Å². The van der Waals surface area contributed by atoms with E-state index in [2.05, 4.69) is 5.32 Å². The van der Waals surface area contributed by atoms with Gasteiger partial charge in [-0.15, -0.1) is 0 Å². The lowest BCUT2D eigenvalue weighted by Crippen LogP contribution is -2.42. The number of sulfonamides is 1. The molecule has 3 aromatic rings. The predicted octanol–water partition coefficient (Wildman–Crippen LogP) is 4.09. The number of hydrogen-bond acceptors (Lipinski definition) is 5. The number of amides is 1. The molecule has 1 N–H and O–H groups in total. The molecule has 8 heteroatoms. The number of anilines is 1. The maximum absolute atomic E-state index is 13.6. The van der Waals surface area contributed by atoms with Crippen molar-refractivity contribution < 1.29 is 22.7 Å². The normalized spacial score (nSPS) is 13.7. The monoisotopic (exact) mass is 480 g/mol. The minimum atomic E-state index is -3.96. The van der Waals surface area contributed by atoms with E-state index in [4.69, 9.17) is 9.47 Å². The third-order valence-electron chi connectivity index (χ3n) is 5.70. The smallest absolute Gasteiger partial charge is 0.264 e. The summed E-state index contributed by atoms with van der Waals surface area (Å²) in [6.07, 6.45) is 0.631. The Kier molecular flexibility index (Phi) is 7.07. The highest BCUT2D eigenvalue weighted by molar-refractivity contribution is 7.92. The maximum atomic E-state index is 13.6. The molecule has 0 saturated heterocycles. The van der Waals surface area contributed by atoms with Crippen molar-refractivity contribution in [3.63, 3.8) is 0 Å². The molecule has 1 unspecified atom stereocenters. The highest BCUT2D eigenvalue weighted by Crippen LogP contribution is 2.33. The lowest BCUT2D eigenvalue weighted by atomic mass is 10.1. The lowest BCUT2D eigenvalue weighted by molar-refractivity contribution is -0.120. The Labute approximate surface area is 200 Å². The first-order valence-corrected chi connectivity index (χ1v) is 12.7. The number of ether oxygens (including phenoxy) is 2. The molecule has 0 radical (unpaired) electrons. The fraction of sp³-hybridized carbons (Fsp3) is 0.269. The second-order valence-electron chi connectivity index (χ2n) is 8.00. The summed E-state index contributed by atoms with van der Waals surface area (Å²) in [7, 11) is -3.96. The van der Waals surface area contributed by atoms with Gasteiger partial charge in [0.2, 0.25) is 5.91 Å². The Morgan fingerprint density at radius 1 is 0.971 bits per heavy atom. The van der Waals surface area contributed by atoms with E-state index < -0.39 is 15.9 Å². The molecule has 7 nitrogen and oxygen atoms in total. The van der Waals surface area contributed by atoms with Gasteiger partial charge in [0.05, 0.1) is 16.6 Å². The Morgan fingerprint density at radius 3 is 2.38 bits per heavy atom. The van der Waals surface area contributed by atoms with Gasteiger partial charge in [-0.3, -0.25) is 9.10 Å². The molecule has 1 amide bonds. The average molecular weight is 481 g/mol. The quantitative estimate of drug-likeness (QED) is 0.525. The molecule has 1 heterocycles. The van der Waals surface area contributed by atoms with Gasteiger partial charge in [0, 0.05) is 0 Å². The van der Waals surface area contributed by atoms with Gasteiger partial charge in [-0.25, -0.2) is 8.42 Å². The zero-order valence-corrected chi connectivity index (χ0v) is 20.0. The number of nitrogens with zero attached hydrogens (tertiary/aromatic N) is 1. The first kappa shape index (κ1) is 23.6. The molecule has 1 aliphatic heterocycles. The van der Waals surface area contributed by atoms with Gasteiger partial charge in [-0.05, 0) is 54.8 Å². The second-order valence-corrected chi connectivity index (χ2v) is 9.86. The van der Waals surface area contributed by atoms with Crippen LogP contribution < -0.4 is 19.1 Å². The van der Waals surface area contributed by atoms with Crippen LogP contribution in [-0.4, -0.2) is 34.1 Å². The minimum Gasteiger partial charge on any atom is -0.486 e. The third-order valence-corrected chi connectivity index (χ3v) is 7.48. The number of hydrogen-bond donors (Lipinski definition) is 1. The molecular weight excluding hydrogens is 452 g/mol. The molecule has 0 aromatic heterocycles. The van der Waals surface area contributed by atoms with Crippen LogP contribution in [0.2, 0.25) is 0 Å². The number of aryl methyl sites for hydroxylation is 1. The van der Waals surface area contributed by atoms with E-state index >= 15 is 0 Å². The Balaban J connectivity index is 1.59. The van der Waals surface area contributed by atoms with Crippen LogP contribution in [0.3, 0.4) is 0 Å². The topological polar surface area (TPSA) is 84.9 Å². The van der Waals surface area contributed by atoms with E-state index in [9.17, 15) is 13.2 Å². The van der Waals surface area contributed by atoms with Crippen molar-refractivity contribution in [3.8, 4) is 11.5 Å². The van der Waals surface area contributed by atoms with Crippen LogP contribution >= 0.6 is 0 Å². The van der Waals surface area contributed by atoms with E-state index in [-0.39, 0.29) is 17.5 Å². The maximum Gasteiger partial charge on any atom is 0.264 e. The van der Waals surface area contributed by atoms with Crippen molar-refractivity contribution in [2.75, 3.05) is 24.1 Å². The summed E-state index contributed by atoms with van der Waals surface area (Å²) >= 11 is 0. The molecule has 0 spiro atoms. The predicted molar refractivity (Wildman–Crippen MR) is 131 cm³/mol. The number of para-hydroxylation sites is 1. The molecule has 4 rings (SSSR count). The van der Waals surface area contributed by atoms with E-state index in [1.807, 2.05) is 44.2 Å². The summed E-state index contributed by atoms with van der Waals surface area (Å²) in [5.74, 6) is 0.896. The number of benzene rings is 3. The summed E-state index contributed by atoms with van der Waals surface area (Å²) in [4.78, 5) is 13.2. The van der Waals surface area contributed by atoms with E-state index in [1.54, 1.807) is 30.3 Å². The Morgan fingerprint density at radius 2 is 1.65 bits per heavy atom. The van der Waals surface area contributed by atoms with Crippen LogP contribution in [0.15, 0.2) is 77.7 Å². The van der Waals surface area contributed by atoms with Crippen LogP contribution in [0.1, 0.15) is 31.0 Å². The first-order valence-electron chi connectivity index (χ1n) is 11.2. The molecule has 1 aliphatic rings. The molecule has 178 valence electrons. The highest BCUT2D eigenvalue weighted by atomic mass is 32.2. The van der Waals surface area contributed by atoms with Gasteiger partial charge in [0.15, 0.2) is 11.5 Å². The Hall–Kier alpha value is -3.52. The van der Waals surface area contributed by atoms with Crippen molar-refractivity contribution in [1.82, 2.24) is 5.32 Å². The first-order chi connectivity index (χ1) is 16.4. The van der Waals surface area contributed by atoms with Crippen molar-refractivity contribution in [1.29, 1.82) is 0 Å². The van der Waals surface area contributed by atoms with E-state index in [0.29, 0.717) is 36.8 Å². The van der Waals surface area contributed by atoms with Crippen LogP contribution in [0.25, 0.3) is 0 Å². The van der Waals surface area contributed by atoms with Crippen molar-refractivity contribution >= 4 is 21.6 Å². The Bertz CT molecular complexity index is 1260. The molecule has 0 aliphatic carbocycles. The van der Waals surface area contributed by atoms with Crippen LogP contribution in [0.4, 0.5) is 5.69 Å². The molecule has 0 fully saturated rings. The average Bonchev–Trinajstić information content (AvgIpc) is 2.87. The summed E-state index contributed by atoms with van der Waals surface area (Å²) in [6.45, 7) is 4.43. The second kappa shape index (κ2) is 10.2. The molecule has 0 bridgehead atoms.